The molecule has 0 saturated carbocycles. The Morgan fingerprint density at radius 1 is 1.44 bits per heavy atom. The summed E-state index contributed by atoms with van der Waals surface area (Å²) in [7, 11) is 1.64. The highest BCUT2D eigenvalue weighted by atomic mass is 35.5. The van der Waals surface area contributed by atoms with E-state index in [4.69, 9.17) is 21.1 Å². The van der Waals surface area contributed by atoms with Crippen LogP contribution in [0.25, 0.3) is 0 Å². The highest BCUT2D eigenvalue weighted by molar-refractivity contribution is 6.21. The van der Waals surface area contributed by atoms with Crippen LogP contribution in [-0.2, 0) is 9.47 Å². The van der Waals surface area contributed by atoms with Gasteiger partial charge in [0.2, 0.25) is 0 Å². The maximum Gasteiger partial charge on any atom is 0.410 e. The van der Waals surface area contributed by atoms with Gasteiger partial charge in [-0.25, -0.2) is 4.79 Å². The van der Waals surface area contributed by atoms with E-state index in [1.807, 2.05) is 20.8 Å². The van der Waals surface area contributed by atoms with Crippen LogP contribution in [-0.4, -0.2) is 48.3 Å². The van der Waals surface area contributed by atoms with Crippen LogP contribution in [0.5, 0.6) is 0 Å². The van der Waals surface area contributed by atoms with Gasteiger partial charge in [-0.1, -0.05) is 0 Å². The first kappa shape index (κ1) is 13.6. The Labute approximate surface area is 102 Å². The molecule has 0 aromatic rings. The van der Waals surface area contributed by atoms with Gasteiger partial charge in [-0.05, 0) is 27.2 Å². The van der Waals surface area contributed by atoms with Gasteiger partial charge in [-0.15, -0.1) is 11.6 Å². The molecular weight excluding hydrogens is 230 g/mol. The number of rotatable bonds is 1. The number of hydrogen-bond acceptors (Lipinski definition) is 3. The van der Waals surface area contributed by atoms with Crippen LogP contribution in [0.4, 0.5) is 4.79 Å². The molecule has 16 heavy (non-hydrogen) atoms. The molecule has 1 rings (SSSR count). The van der Waals surface area contributed by atoms with Crippen molar-refractivity contribution in [2.24, 2.45) is 0 Å². The third-order valence-corrected chi connectivity index (χ3v) is 2.86. The van der Waals surface area contributed by atoms with Crippen molar-refractivity contribution in [3.8, 4) is 0 Å². The van der Waals surface area contributed by atoms with Crippen molar-refractivity contribution in [2.75, 3.05) is 20.2 Å². The molecule has 0 N–H and O–H groups in total. The average Bonchev–Trinajstić information content (AvgIpc) is 2.15. The van der Waals surface area contributed by atoms with Crippen molar-refractivity contribution in [2.45, 2.75) is 44.3 Å². The standard InChI is InChI=1S/C11H20ClNO3/c1-11(2,3)16-10(14)13-6-5-9(15-4)8(12)7-13/h8-9H,5-7H2,1-4H3/t8-,9+/m1/s1. The zero-order chi connectivity index (χ0) is 12.3. The van der Waals surface area contributed by atoms with Gasteiger partial charge in [0.05, 0.1) is 11.5 Å². The Balaban J connectivity index is 2.48. The number of halogens is 1. The van der Waals surface area contributed by atoms with Crippen LogP contribution in [0.3, 0.4) is 0 Å². The molecule has 1 aliphatic rings. The maximum absolute atomic E-state index is 11.8. The second-order valence-electron chi connectivity index (χ2n) is 5.01. The summed E-state index contributed by atoms with van der Waals surface area (Å²) in [4.78, 5) is 13.4. The number of amides is 1. The van der Waals surface area contributed by atoms with Crippen LogP contribution in [0.1, 0.15) is 27.2 Å². The van der Waals surface area contributed by atoms with E-state index in [1.54, 1.807) is 12.0 Å². The second kappa shape index (κ2) is 5.23. The van der Waals surface area contributed by atoms with Gasteiger partial charge in [0.1, 0.15) is 5.60 Å². The molecule has 0 spiro atoms. The zero-order valence-electron chi connectivity index (χ0n) is 10.3. The van der Waals surface area contributed by atoms with E-state index in [0.29, 0.717) is 13.1 Å². The first-order valence-corrected chi connectivity index (χ1v) is 5.92. The monoisotopic (exact) mass is 249 g/mol. The van der Waals surface area contributed by atoms with E-state index in [2.05, 4.69) is 0 Å². The van der Waals surface area contributed by atoms with Crippen molar-refractivity contribution in [3.05, 3.63) is 0 Å². The smallest absolute Gasteiger partial charge is 0.410 e. The Morgan fingerprint density at radius 2 is 2.06 bits per heavy atom. The van der Waals surface area contributed by atoms with Crippen molar-refractivity contribution in [1.82, 2.24) is 4.90 Å². The zero-order valence-corrected chi connectivity index (χ0v) is 11.1. The van der Waals surface area contributed by atoms with Gasteiger partial charge in [0.15, 0.2) is 0 Å². The highest BCUT2D eigenvalue weighted by Crippen LogP contribution is 2.20. The van der Waals surface area contributed by atoms with Gasteiger partial charge in [-0.3, -0.25) is 0 Å². The Hall–Kier alpha value is -0.480. The molecule has 94 valence electrons. The first-order valence-electron chi connectivity index (χ1n) is 5.48. The molecule has 5 heteroatoms. The van der Waals surface area contributed by atoms with E-state index >= 15 is 0 Å². The summed E-state index contributed by atoms with van der Waals surface area (Å²) in [5.74, 6) is 0. The van der Waals surface area contributed by atoms with Crippen molar-refractivity contribution >= 4 is 17.7 Å². The quantitative estimate of drug-likeness (QED) is 0.669. The Bertz CT molecular complexity index is 252. The minimum atomic E-state index is -0.461. The molecule has 2 atom stereocenters. The molecule has 1 aliphatic heterocycles. The molecule has 0 bridgehead atoms. The summed E-state index contributed by atoms with van der Waals surface area (Å²) >= 11 is 6.12. The van der Waals surface area contributed by atoms with Crippen LogP contribution in [0.15, 0.2) is 0 Å². The minimum absolute atomic E-state index is 0.0281. The molecular formula is C11H20ClNO3. The molecule has 0 aliphatic carbocycles. The summed E-state index contributed by atoms with van der Waals surface area (Å²) in [5.41, 5.74) is -0.461. The molecule has 1 amide bonds. The van der Waals surface area contributed by atoms with E-state index in [9.17, 15) is 4.79 Å². The van der Waals surface area contributed by atoms with Gasteiger partial charge in [0.25, 0.3) is 0 Å². The number of carbonyl (C=O) groups excluding carboxylic acids is 1. The second-order valence-corrected chi connectivity index (χ2v) is 5.57. The van der Waals surface area contributed by atoms with Gasteiger partial charge >= 0.3 is 6.09 Å². The molecule has 0 aromatic heterocycles. The van der Waals surface area contributed by atoms with Crippen LogP contribution in [0, 0.1) is 0 Å². The van der Waals surface area contributed by atoms with E-state index in [0.717, 1.165) is 6.42 Å². The maximum atomic E-state index is 11.8. The number of carbonyl (C=O) groups is 1. The van der Waals surface area contributed by atoms with Crippen LogP contribution < -0.4 is 0 Å². The lowest BCUT2D eigenvalue weighted by Crippen LogP contribution is -2.48. The largest absolute Gasteiger partial charge is 0.444 e. The topological polar surface area (TPSA) is 38.8 Å². The van der Waals surface area contributed by atoms with Crippen LogP contribution >= 0.6 is 11.6 Å². The molecule has 4 nitrogen and oxygen atoms in total. The number of alkyl halides is 1. The lowest BCUT2D eigenvalue weighted by Gasteiger charge is -2.35. The lowest BCUT2D eigenvalue weighted by atomic mass is 10.1. The van der Waals surface area contributed by atoms with E-state index < -0.39 is 5.60 Å². The summed E-state index contributed by atoms with van der Waals surface area (Å²) in [6, 6.07) is 0. The average molecular weight is 250 g/mol. The van der Waals surface area contributed by atoms with E-state index in [1.165, 1.54) is 0 Å². The van der Waals surface area contributed by atoms with E-state index in [-0.39, 0.29) is 17.6 Å². The minimum Gasteiger partial charge on any atom is -0.444 e. The summed E-state index contributed by atoms with van der Waals surface area (Å²) in [6.07, 6.45) is 0.484. The lowest BCUT2D eigenvalue weighted by molar-refractivity contribution is 0.00322. The fraction of sp³-hybridized carbons (Fsp3) is 0.909. The normalized spacial score (nSPS) is 26.7. The Morgan fingerprint density at radius 3 is 2.50 bits per heavy atom. The first-order chi connectivity index (χ1) is 7.33. The highest BCUT2D eigenvalue weighted by Gasteiger charge is 2.32. The van der Waals surface area contributed by atoms with Gasteiger partial charge in [-0.2, -0.15) is 0 Å². The van der Waals surface area contributed by atoms with Gasteiger partial charge in [0, 0.05) is 20.2 Å². The fourth-order valence-electron chi connectivity index (χ4n) is 1.64. The fourth-order valence-corrected chi connectivity index (χ4v) is 2.04. The molecule has 1 saturated heterocycles. The number of likely N-dealkylation sites (tertiary alicyclic amines) is 1. The molecule has 0 aromatic carbocycles. The third-order valence-electron chi connectivity index (χ3n) is 2.44. The SMILES string of the molecule is CO[C@H]1CCN(C(=O)OC(C)(C)C)C[C@H]1Cl. The summed E-state index contributed by atoms with van der Waals surface area (Å²) in [6.45, 7) is 6.67. The number of piperidine rings is 1. The molecule has 1 fully saturated rings. The number of methoxy groups -OCH3 is 1. The van der Waals surface area contributed by atoms with Crippen molar-refractivity contribution < 1.29 is 14.3 Å². The van der Waals surface area contributed by atoms with Crippen LogP contribution in [0.2, 0.25) is 0 Å². The van der Waals surface area contributed by atoms with Crippen molar-refractivity contribution in [1.29, 1.82) is 0 Å². The third kappa shape index (κ3) is 3.83. The molecule has 1 heterocycles. The van der Waals surface area contributed by atoms with Crippen molar-refractivity contribution in [3.63, 3.8) is 0 Å². The van der Waals surface area contributed by atoms with Gasteiger partial charge < -0.3 is 14.4 Å². The molecule has 0 unspecified atom stereocenters. The summed E-state index contributed by atoms with van der Waals surface area (Å²) < 4.78 is 10.5. The number of hydrogen-bond donors (Lipinski definition) is 0. The number of nitrogens with zero attached hydrogens (tertiary/aromatic N) is 1. The number of ether oxygens (including phenoxy) is 2. The predicted molar refractivity (Wildman–Crippen MR) is 62.9 cm³/mol. The molecule has 0 radical (unpaired) electrons. The predicted octanol–water partition coefficient (Wildman–Crippen LogP) is 2.25. The Kier molecular flexibility index (Phi) is 4.44. The summed E-state index contributed by atoms with van der Waals surface area (Å²) in [5, 5.41) is -0.161.